The molecule has 0 fully saturated rings. The molecule has 0 aromatic carbocycles. The first kappa shape index (κ1) is 55.4. The number of rotatable bonds is 38. The molecule has 0 amide bonds. The predicted molar refractivity (Wildman–Crippen MR) is 234 cm³/mol. The molecule has 0 saturated heterocycles. The molecular weight excluding hydrogens is 757 g/mol. The quantitative estimate of drug-likeness (QED) is 0.0154. The van der Waals surface area contributed by atoms with Crippen molar-refractivity contribution in [1.29, 1.82) is 0 Å². The number of nitrogens with zero attached hydrogens (tertiary/aromatic N) is 1. The van der Waals surface area contributed by atoms with Crippen molar-refractivity contribution in [3.8, 4) is 0 Å². The fraction of sp³-hybridized carbons (Fsp3) is 0.696. The molecule has 0 aliphatic carbocycles. The van der Waals surface area contributed by atoms with Crippen LogP contribution in [0.1, 0.15) is 142 Å². The van der Waals surface area contributed by atoms with Crippen LogP contribution >= 0.6 is 7.82 Å². The van der Waals surface area contributed by atoms with Crippen molar-refractivity contribution in [2.45, 2.75) is 161 Å². The largest absolute Gasteiger partial charge is 0.756 e. The summed E-state index contributed by atoms with van der Waals surface area (Å²) in [5, 5.41) is 20.0. The molecule has 4 atom stereocenters. The van der Waals surface area contributed by atoms with Gasteiger partial charge in [-0.05, 0) is 38.5 Å². The van der Waals surface area contributed by atoms with Gasteiger partial charge in [-0.15, -0.1) is 0 Å². The molecule has 334 valence electrons. The van der Waals surface area contributed by atoms with Gasteiger partial charge in [-0.3, -0.25) is 14.2 Å². The number of esters is 2. The van der Waals surface area contributed by atoms with Crippen molar-refractivity contribution in [3.63, 3.8) is 0 Å². The lowest BCUT2D eigenvalue weighted by Crippen LogP contribution is -2.37. The Kier molecular flexibility index (Phi) is 35.7. The summed E-state index contributed by atoms with van der Waals surface area (Å²) in [6.07, 6.45) is 38.6. The van der Waals surface area contributed by atoms with Crippen molar-refractivity contribution >= 4 is 19.8 Å². The molecule has 0 aromatic heterocycles. The third-order valence-corrected chi connectivity index (χ3v) is 9.88. The molecule has 0 aliphatic heterocycles. The number of likely N-dealkylation sites (N-methyl/N-ethyl adjacent to an activating group) is 1. The Morgan fingerprint density at radius 2 is 1.26 bits per heavy atom. The summed E-state index contributed by atoms with van der Waals surface area (Å²) in [7, 11) is 1.03. The lowest BCUT2D eigenvalue weighted by molar-refractivity contribution is -0.870. The van der Waals surface area contributed by atoms with E-state index in [0.29, 0.717) is 43.1 Å². The summed E-state index contributed by atoms with van der Waals surface area (Å²) >= 11 is 0. The van der Waals surface area contributed by atoms with Crippen LogP contribution in [0.3, 0.4) is 0 Å². The van der Waals surface area contributed by atoms with Gasteiger partial charge in [0.1, 0.15) is 19.8 Å². The third-order valence-electron chi connectivity index (χ3n) is 8.92. The van der Waals surface area contributed by atoms with Gasteiger partial charge in [0.25, 0.3) is 7.82 Å². The molecule has 0 rings (SSSR count). The van der Waals surface area contributed by atoms with Gasteiger partial charge < -0.3 is 38.1 Å². The number of hydrogen-bond donors (Lipinski definition) is 2. The fourth-order valence-electron chi connectivity index (χ4n) is 5.45. The molecule has 58 heavy (non-hydrogen) atoms. The molecule has 0 radical (unpaired) electrons. The number of aliphatic hydroxyl groups excluding tert-OH is 2. The lowest BCUT2D eigenvalue weighted by Gasteiger charge is -2.28. The maximum Gasteiger partial charge on any atom is 0.306 e. The number of hydrogen-bond acceptors (Lipinski definition) is 10. The summed E-state index contributed by atoms with van der Waals surface area (Å²) in [5.74, 6) is -1.02. The molecule has 0 aliphatic rings. The van der Waals surface area contributed by atoms with E-state index < -0.39 is 44.7 Å². The van der Waals surface area contributed by atoms with E-state index in [2.05, 4.69) is 13.8 Å². The molecule has 2 N–H and O–H groups in total. The number of aliphatic hydroxyl groups is 2. The first-order valence-corrected chi connectivity index (χ1v) is 23.3. The van der Waals surface area contributed by atoms with Crippen LogP contribution in [-0.2, 0) is 32.7 Å². The van der Waals surface area contributed by atoms with E-state index in [9.17, 15) is 29.3 Å². The third kappa shape index (κ3) is 40.2. The van der Waals surface area contributed by atoms with Gasteiger partial charge in [0.2, 0.25) is 0 Å². The van der Waals surface area contributed by atoms with Gasteiger partial charge in [-0.1, -0.05) is 164 Å². The number of ether oxygens (including phenoxy) is 2. The van der Waals surface area contributed by atoms with Crippen molar-refractivity contribution < 1.29 is 52.3 Å². The minimum absolute atomic E-state index is 0.0367. The molecule has 0 heterocycles. The molecule has 1 unspecified atom stereocenters. The fourth-order valence-corrected chi connectivity index (χ4v) is 6.18. The van der Waals surface area contributed by atoms with Gasteiger partial charge in [0.15, 0.2) is 6.10 Å². The zero-order valence-electron chi connectivity index (χ0n) is 36.7. The average molecular weight is 838 g/mol. The van der Waals surface area contributed by atoms with E-state index >= 15 is 0 Å². The smallest absolute Gasteiger partial charge is 0.306 e. The Bertz CT molecular complexity index is 1250. The summed E-state index contributed by atoms with van der Waals surface area (Å²) in [4.78, 5) is 37.5. The van der Waals surface area contributed by atoms with Crippen LogP contribution in [-0.4, -0.2) is 92.5 Å². The second kappa shape index (κ2) is 37.4. The number of unbranched alkanes of at least 4 members (excludes halogenated alkanes) is 13. The van der Waals surface area contributed by atoms with Crippen molar-refractivity contribution in [3.05, 3.63) is 72.9 Å². The molecule has 0 spiro atoms. The highest BCUT2D eigenvalue weighted by atomic mass is 31.2. The highest BCUT2D eigenvalue weighted by Crippen LogP contribution is 2.38. The Morgan fingerprint density at radius 3 is 1.86 bits per heavy atom. The maximum atomic E-state index is 12.7. The highest BCUT2D eigenvalue weighted by Gasteiger charge is 2.21. The van der Waals surface area contributed by atoms with Crippen molar-refractivity contribution in [1.82, 2.24) is 0 Å². The first-order chi connectivity index (χ1) is 27.8. The zero-order chi connectivity index (χ0) is 43.2. The van der Waals surface area contributed by atoms with Crippen LogP contribution in [0.25, 0.3) is 0 Å². The second-order valence-corrected chi connectivity index (χ2v) is 17.1. The normalized spacial score (nSPS) is 15.4. The topological polar surface area (TPSA) is 152 Å². The number of carbonyl (C=O) groups is 2. The monoisotopic (exact) mass is 838 g/mol. The molecule has 11 nitrogen and oxygen atoms in total. The molecule has 0 bridgehead atoms. The van der Waals surface area contributed by atoms with E-state index in [1.54, 1.807) is 30.4 Å². The van der Waals surface area contributed by atoms with Gasteiger partial charge in [0.05, 0.1) is 40.0 Å². The molecule has 12 heteroatoms. The number of carbonyl (C=O) groups excluding carboxylic acids is 2. The lowest BCUT2D eigenvalue weighted by atomic mass is 10.0. The summed E-state index contributed by atoms with van der Waals surface area (Å²) in [6, 6.07) is 0. The minimum atomic E-state index is -4.68. The Balaban J connectivity index is 4.64. The summed E-state index contributed by atoms with van der Waals surface area (Å²) in [5.41, 5.74) is 0. The number of phosphoric ester groups is 1. The number of phosphoric acid groups is 1. The van der Waals surface area contributed by atoms with E-state index in [0.717, 1.165) is 25.7 Å². The van der Waals surface area contributed by atoms with Crippen molar-refractivity contribution in [2.75, 3.05) is 47.5 Å². The Morgan fingerprint density at radius 1 is 0.672 bits per heavy atom. The molecule has 0 aromatic rings. The predicted octanol–water partition coefficient (Wildman–Crippen LogP) is 9.55. The maximum absolute atomic E-state index is 12.7. The van der Waals surface area contributed by atoms with Gasteiger partial charge in [0, 0.05) is 12.8 Å². The molecule has 0 saturated carbocycles. The standard InChI is InChI=1S/C46H80NO10P/c1-6-8-10-11-12-13-14-15-16-17-21-24-30-36-45(50)54-40-44(41-56-58(52,53)55-39-38-47(3,4)5)57-46(51)37-31-25-29-35-43(49)34-28-23-20-18-19-22-27-33-42(48)32-26-9-7-2/h9,19-20,22-23,26-29,33-35,42-44,48-49H,6-8,10-18,21,24-25,30-32,36-41H2,1-5H3/b22-19-,23-20-,26-9-,33-27+,34-28+,35-29-/t42-,43-,44+/m0/s1. The summed E-state index contributed by atoms with van der Waals surface area (Å²) < 4.78 is 33.7. The first-order valence-electron chi connectivity index (χ1n) is 21.9. The average Bonchev–Trinajstić information content (AvgIpc) is 3.16. The number of quaternary nitrogens is 1. The van der Waals surface area contributed by atoms with E-state index in [-0.39, 0.29) is 26.1 Å². The second-order valence-electron chi connectivity index (χ2n) is 15.7. The van der Waals surface area contributed by atoms with Gasteiger partial charge >= 0.3 is 11.9 Å². The zero-order valence-corrected chi connectivity index (χ0v) is 37.6. The minimum Gasteiger partial charge on any atom is -0.756 e. The van der Waals surface area contributed by atoms with Crippen LogP contribution in [0, 0.1) is 0 Å². The van der Waals surface area contributed by atoms with Crippen LogP contribution in [0.15, 0.2) is 72.9 Å². The van der Waals surface area contributed by atoms with Crippen LogP contribution in [0.5, 0.6) is 0 Å². The Labute approximate surface area is 352 Å². The van der Waals surface area contributed by atoms with E-state index in [1.807, 2.05) is 63.7 Å². The van der Waals surface area contributed by atoms with Gasteiger partial charge in [-0.25, -0.2) is 0 Å². The van der Waals surface area contributed by atoms with Crippen LogP contribution in [0.4, 0.5) is 0 Å². The highest BCUT2D eigenvalue weighted by molar-refractivity contribution is 7.45. The summed E-state index contributed by atoms with van der Waals surface area (Å²) in [6.45, 7) is 3.79. The van der Waals surface area contributed by atoms with E-state index in [1.165, 1.54) is 57.8 Å². The van der Waals surface area contributed by atoms with Crippen LogP contribution < -0.4 is 4.89 Å². The van der Waals surface area contributed by atoms with E-state index in [4.69, 9.17) is 18.5 Å². The Hall–Kier alpha value is -2.63. The van der Waals surface area contributed by atoms with Crippen LogP contribution in [0.2, 0.25) is 0 Å². The van der Waals surface area contributed by atoms with Gasteiger partial charge in [-0.2, -0.15) is 0 Å². The SMILES string of the molecule is CC/C=C\C[C@H](O)/C=C/C=C\C/C=C\C=C\[C@H](O)/C=C\CCCC(=O)O[C@H](COC(=O)CCCCCCCCCCCCCCC)COP(=O)([O-])OCC[N+](C)(C)C. The number of allylic oxidation sites excluding steroid dienone is 8. The van der Waals surface area contributed by atoms with Crippen molar-refractivity contribution in [2.24, 2.45) is 0 Å². The molecular formula is C46H80NO10P.